The molecule has 2 aromatic rings. The van der Waals surface area contributed by atoms with Gasteiger partial charge in [0.25, 0.3) is 0 Å². The van der Waals surface area contributed by atoms with Gasteiger partial charge in [-0.3, -0.25) is 0 Å². The van der Waals surface area contributed by atoms with Crippen molar-refractivity contribution in [3.63, 3.8) is 0 Å². The average Bonchev–Trinajstić information content (AvgIpc) is 2.44. The summed E-state index contributed by atoms with van der Waals surface area (Å²) in [6.07, 6.45) is 1.53. The number of carboxylic acids is 1. The van der Waals surface area contributed by atoms with Gasteiger partial charge in [0.1, 0.15) is 9.71 Å². The maximum absolute atomic E-state index is 10.8. The van der Waals surface area contributed by atoms with Gasteiger partial charge in [-0.2, -0.15) is 0 Å². The van der Waals surface area contributed by atoms with Crippen LogP contribution in [0, 0.1) is 6.92 Å². The van der Waals surface area contributed by atoms with Crippen LogP contribution in [0.15, 0.2) is 12.3 Å². The zero-order valence-electron chi connectivity index (χ0n) is 7.44. The van der Waals surface area contributed by atoms with Gasteiger partial charge in [0, 0.05) is 5.39 Å². The number of nitrogen functional groups attached to an aromatic ring is 1. The Morgan fingerprint density at radius 3 is 3.00 bits per heavy atom. The molecule has 0 amide bonds. The Balaban J connectivity index is 2.80. The number of aromatic nitrogens is 1. The Labute approximate surface area is 84.0 Å². The number of nitrogens with zero attached hydrogens (tertiary/aromatic N) is 1. The molecule has 3 N–H and O–H groups in total. The second kappa shape index (κ2) is 2.95. The van der Waals surface area contributed by atoms with Gasteiger partial charge in [0.2, 0.25) is 0 Å². The number of anilines is 1. The van der Waals surface area contributed by atoms with Crippen LogP contribution >= 0.6 is 11.3 Å². The van der Waals surface area contributed by atoms with E-state index in [2.05, 4.69) is 4.98 Å². The minimum Gasteiger partial charge on any atom is -0.477 e. The van der Waals surface area contributed by atoms with Crippen LogP contribution in [0.25, 0.3) is 10.2 Å². The molecular formula is C9H8N2O2S. The first-order valence-electron chi connectivity index (χ1n) is 3.97. The number of fused-ring (bicyclic) bond motifs is 1. The molecule has 4 nitrogen and oxygen atoms in total. The van der Waals surface area contributed by atoms with E-state index in [1.165, 1.54) is 17.5 Å². The molecule has 0 bridgehead atoms. The minimum absolute atomic E-state index is 0.332. The molecule has 0 atom stereocenters. The summed E-state index contributed by atoms with van der Waals surface area (Å²) < 4.78 is 0. The molecule has 0 aliphatic heterocycles. The molecule has 0 unspecified atom stereocenters. The molecule has 72 valence electrons. The van der Waals surface area contributed by atoms with Crippen molar-refractivity contribution >= 4 is 33.2 Å². The van der Waals surface area contributed by atoms with E-state index in [0.29, 0.717) is 15.4 Å². The van der Waals surface area contributed by atoms with E-state index in [9.17, 15) is 4.79 Å². The Morgan fingerprint density at radius 2 is 2.36 bits per heavy atom. The van der Waals surface area contributed by atoms with Crippen LogP contribution in [0.5, 0.6) is 0 Å². The topological polar surface area (TPSA) is 76.2 Å². The van der Waals surface area contributed by atoms with Crippen LogP contribution in [0.1, 0.15) is 15.2 Å². The number of thiophene rings is 1. The number of carboxylic acid groups (broad SMARTS) is 1. The average molecular weight is 208 g/mol. The number of nitrogens with two attached hydrogens (primary N) is 1. The predicted octanol–water partition coefficient (Wildman–Crippen LogP) is 1.89. The number of hydrogen-bond donors (Lipinski definition) is 2. The highest BCUT2D eigenvalue weighted by atomic mass is 32.1. The number of aromatic carboxylic acids is 1. The number of rotatable bonds is 1. The Hall–Kier alpha value is -1.62. The van der Waals surface area contributed by atoms with E-state index in [-0.39, 0.29) is 0 Å². The molecule has 2 rings (SSSR count). The molecule has 0 spiro atoms. The second-order valence-electron chi connectivity index (χ2n) is 2.98. The van der Waals surface area contributed by atoms with E-state index in [1.54, 1.807) is 13.0 Å². The zero-order valence-corrected chi connectivity index (χ0v) is 8.26. The van der Waals surface area contributed by atoms with Crippen molar-refractivity contribution in [1.82, 2.24) is 4.98 Å². The summed E-state index contributed by atoms with van der Waals surface area (Å²) in [6, 6.07) is 1.75. The number of pyridine rings is 1. The van der Waals surface area contributed by atoms with E-state index in [1.807, 2.05) is 0 Å². The largest absolute Gasteiger partial charge is 0.477 e. The van der Waals surface area contributed by atoms with Crippen LogP contribution in [-0.4, -0.2) is 16.1 Å². The third-order valence-corrected chi connectivity index (χ3v) is 3.21. The van der Waals surface area contributed by atoms with Gasteiger partial charge in [-0.1, -0.05) is 0 Å². The molecule has 14 heavy (non-hydrogen) atoms. The SMILES string of the molecule is Cc1c(C(=O)O)sc2ncc(N)cc12. The van der Waals surface area contributed by atoms with E-state index in [0.717, 1.165) is 10.9 Å². The van der Waals surface area contributed by atoms with Crippen LogP contribution in [0.3, 0.4) is 0 Å². The van der Waals surface area contributed by atoms with Crippen molar-refractivity contribution in [2.24, 2.45) is 0 Å². The lowest BCUT2D eigenvalue weighted by Crippen LogP contribution is -1.93. The Kier molecular flexibility index (Phi) is 1.89. The first-order valence-corrected chi connectivity index (χ1v) is 4.79. The Bertz CT molecular complexity index is 519. The lowest BCUT2D eigenvalue weighted by molar-refractivity contribution is 0.0701. The highest BCUT2D eigenvalue weighted by Gasteiger charge is 2.14. The maximum Gasteiger partial charge on any atom is 0.346 e. The smallest absolute Gasteiger partial charge is 0.346 e. The van der Waals surface area contributed by atoms with Crippen LogP contribution in [-0.2, 0) is 0 Å². The highest BCUT2D eigenvalue weighted by Crippen LogP contribution is 2.30. The molecule has 0 aliphatic carbocycles. The molecule has 5 heteroatoms. The molecule has 2 aromatic heterocycles. The summed E-state index contributed by atoms with van der Waals surface area (Å²) in [4.78, 5) is 16.0. The lowest BCUT2D eigenvalue weighted by atomic mass is 10.2. The number of aryl methyl sites for hydroxylation is 1. The zero-order chi connectivity index (χ0) is 10.3. The van der Waals surface area contributed by atoms with Gasteiger partial charge in [-0.05, 0) is 18.6 Å². The van der Waals surface area contributed by atoms with Crippen LogP contribution < -0.4 is 5.73 Å². The quantitative estimate of drug-likeness (QED) is 0.750. The van der Waals surface area contributed by atoms with Gasteiger partial charge in [0.05, 0.1) is 11.9 Å². The fourth-order valence-corrected chi connectivity index (χ4v) is 2.29. The number of carbonyl (C=O) groups is 1. The fourth-order valence-electron chi connectivity index (χ4n) is 1.32. The van der Waals surface area contributed by atoms with Gasteiger partial charge in [0.15, 0.2) is 0 Å². The standard InChI is InChI=1S/C9H8N2O2S/c1-4-6-2-5(10)3-11-8(6)14-7(4)9(12)13/h2-3H,10H2,1H3,(H,12,13). The van der Waals surface area contributed by atoms with E-state index >= 15 is 0 Å². The summed E-state index contributed by atoms with van der Waals surface area (Å²) >= 11 is 1.17. The Morgan fingerprint density at radius 1 is 1.64 bits per heavy atom. The molecule has 0 aromatic carbocycles. The number of hydrogen-bond acceptors (Lipinski definition) is 4. The van der Waals surface area contributed by atoms with Gasteiger partial charge >= 0.3 is 5.97 Å². The molecular weight excluding hydrogens is 200 g/mol. The van der Waals surface area contributed by atoms with Crippen molar-refractivity contribution in [3.05, 3.63) is 22.7 Å². The van der Waals surface area contributed by atoms with Crippen molar-refractivity contribution in [3.8, 4) is 0 Å². The van der Waals surface area contributed by atoms with Crippen LogP contribution in [0.2, 0.25) is 0 Å². The van der Waals surface area contributed by atoms with Crippen LogP contribution in [0.4, 0.5) is 5.69 Å². The summed E-state index contributed by atoms with van der Waals surface area (Å²) in [5.41, 5.74) is 6.86. The molecule has 0 radical (unpaired) electrons. The maximum atomic E-state index is 10.8. The third-order valence-electron chi connectivity index (χ3n) is 2.01. The van der Waals surface area contributed by atoms with Gasteiger partial charge in [-0.15, -0.1) is 11.3 Å². The van der Waals surface area contributed by atoms with E-state index < -0.39 is 5.97 Å². The van der Waals surface area contributed by atoms with Crippen molar-refractivity contribution in [2.45, 2.75) is 6.92 Å². The van der Waals surface area contributed by atoms with E-state index in [4.69, 9.17) is 10.8 Å². The molecule has 0 saturated carbocycles. The first kappa shape index (κ1) is 8.96. The predicted molar refractivity (Wildman–Crippen MR) is 55.7 cm³/mol. The summed E-state index contributed by atoms with van der Waals surface area (Å²) in [7, 11) is 0. The summed E-state index contributed by atoms with van der Waals surface area (Å²) in [5.74, 6) is -0.913. The summed E-state index contributed by atoms with van der Waals surface area (Å²) in [5, 5.41) is 9.71. The fraction of sp³-hybridized carbons (Fsp3) is 0.111. The molecule has 0 aliphatic rings. The third kappa shape index (κ3) is 1.22. The highest BCUT2D eigenvalue weighted by molar-refractivity contribution is 7.20. The second-order valence-corrected chi connectivity index (χ2v) is 3.98. The minimum atomic E-state index is -0.913. The molecule has 0 fully saturated rings. The van der Waals surface area contributed by atoms with Crippen molar-refractivity contribution < 1.29 is 9.90 Å². The van der Waals surface area contributed by atoms with Gasteiger partial charge < -0.3 is 10.8 Å². The first-order chi connectivity index (χ1) is 6.59. The van der Waals surface area contributed by atoms with Crippen molar-refractivity contribution in [1.29, 1.82) is 0 Å². The lowest BCUT2D eigenvalue weighted by Gasteiger charge is -1.93. The van der Waals surface area contributed by atoms with Gasteiger partial charge in [-0.25, -0.2) is 9.78 Å². The molecule has 2 heterocycles. The van der Waals surface area contributed by atoms with Crippen molar-refractivity contribution in [2.75, 3.05) is 5.73 Å². The summed E-state index contributed by atoms with van der Waals surface area (Å²) in [6.45, 7) is 1.77. The molecule has 0 saturated heterocycles. The normalized spacial score (nSPS) is 10.6. The monoisotopic (exact) mass is 208 g/mol.